The summed E-state index contributed by atoms with van der Waals surface area (Å²) in [6.07, 6.45) is -0.626. The molecule has 0 unspecified atom stereocenters. The summed E-state index contributed by atoms with van der Waals surface area (Å²) in [6, 6.07) is 5.41. The number of amides is 3. The van der Waals surface area contributed by atoms with E-state index in [9.17, 15) is 18.8 Å². The molecule has 1 aromatic rings. The SMILES string of the molecule is O=C(COc1ccc(F)cc1)N1CC(CN2C(=O)COC2=O)C1. The molecule has 0 bridgehead atoms. The topological polar surface area (TPSA) is 76.2 Å². The van der Waals surface area contributed by atoms with Gasteiger partial charge < -0.3 is 14.4 Å². The van der Waals surface area contributed by atoms with Crippen LogP contribution in [0, 0.1) is 11.7 Å². The second-order valence-corrected chi connectivity index (χ2v) is 5.47. The molecule has 0 N–H and O–H groups in total. The number of ether oxygens (including phenoxy) is 2. The number of likely N-dealkylation sites (tertiary alicyclic amines) is 1. The molecule has 2 saturated heterocycles. The van der Waals surface area contributed by atoms with E-state index in [2.05, 4.69) is 4.74 Å². The zero-order chi connectivity index (χ0) is 16.4. The fraction of sp³-hybridized carbons (Fsp3) is 0.400. The first kappa shape index (κ1) is 15.3. The molecule has 2 aliphatic heterocycles. The highest BCUT2D eigenvalue weighted by Gasteiger charge is 2.38. The number of hydrogen-bond donors (Lipinski definition) is 0. The maximum atomic E-state index is 12.8. The summed E-state index contributed by atoms with van der Waals surface area (Å²) < 4.78 is 22.7. The van der Waals surface area contributed by atoms with Crippen molar-refractivity contribution in [1.29, 1.82) is 0 Å². The Balaban J connectivity index is 1.40. The van der Waals surface area contributed by atoms with E-state index in [0.29, 0.717) is 18.8 Å². The summed E-state index contributed by atoms with van der Waals surface area (Å²) in [5, 5.41) is 0. The molecule has 3 rings (SSSR count). The summed E-state index contributed by atoms with van der Waals surface area (Å²) in [5.74, 6) is -0.439. The van der Waals surface area contributed by atoms with Gasteiger partial charge in [-0.15, -0.1) is 0 Å². The average molecular weight is 322 g/mol. The molecule has 0 atom stereocenters. The number of rotatable bonds is 5. The maximum Gasteiger partial charge on any atom is 0.417 e. The largest absolute Gasteiger partial charge is 0.484 e. The molecule has 7 nitrogen and oxygen atoms in total. The van der Waals surface area contributed by atoms with Crippen molar-refractivity contribution in [3.63, 3.8) is 0 Å². The van der Waals surface area contributed by atoms with Crippen LogP contribution in [0.1, 0.15) is 0 Å². The van der Waals surface area contributed by atoms with Gasteiger partial charge >= 0.3 is 6.09 Å². The van der Waals surface area contributed by atoms with Gasteiger partial charge in [0.15, 0.2) is 13.2 Å². The Labute approximate surface area is 131 Å². The van der Waals surface area contributed by atoms with Crippen molar-refractivity contribution in [2.75, 3.05) is 32.8 Å². The van der Waals surface area contributed by atoms with Gasteiger partial charge in [-0.25, -0.2) is 14.1 Å². The Hall–Kier alpha value is -2.64. The van der Waals surface area contributed by atoms with Crippen LogP contribution in [0.3, 0.4) is 0 Å². The molecule has 0 spiro atoms. The zero-order valence-corrected chi connectivity index (χ0v) is 12.2. The minimum absolute atomic E-state index is 0.0550. The van der Waals surface area contributed by atoms with Gasteiger partial charge in [-0.05, 0) is 24.3 Å². The van der Waals surface area contributed by atoms with Gasteiger partial charge in [0.05, 0.1) is 0 Å². The van der Waals surface area contributed by atoms with Crippen LogP contribution in [0.4, 0.5) is 9.18 Å². The highest BCUT2D eigenvalue weighted by atomic mass is 19.1. The van der Waals surface area contributed by atoms with Crippen molar-refractivity contribution in [2.24, 2.45) is 5.92 Å². The summed E-state index contributed by atoms with van der Waals surface area (Å²) in [5.41, 5.74) is 0. The van der Waals surface area contributed by atoms with Gasteiger partial charge in [-0.3, -0.25) is 9.59 Å². The van der Waals surface area contributed by atoms with Crippen LogP contribution in [0.25, 0.3) is 0 Å². The molecule has 0 saturated carbocycles. The zero-order valence-electron chi connectivity index (χ0n) is 12.2. The highest BCUT2D eigenvalue weighted by molar-refractivity contribution is 5.97. The molecule has 0 aromatic heterocycles. The Kier molecular flexibility index (Phi) is 4.14. The lowest BCUT2D eigenvalue weighted by molar-refractivity contribution is -0.140. The molecule has 23 heavy (non-hydrogen) atoms. The van der Waals surface area contributed by atoms with Gasteiger partial charge in [0, 0.05) is 25.6 Å². The monoisotopic (exact) mass is 322 g/mol. The predicted molar refractivity (Wildman–Crippen MR) is 75.0 cm³/mol. The van der Waals surface area contributed by atoms with Gasteiger partial charge in [-0.2, -0.15) is 0 Å². The smallest absolute Gasteiger partial charge is 0.417 e. The van der Waals surface area contributed by atoms with Crippen LogP contribution < -0.4 is 4.74 Å². The van der Waals surface area contributed by atoms with Gasteiger partial charge in [0.1, 0.15) is 11.6 Å². The van der Waals surface area contributed by atoms with Crippen molar-refractivity contribution in [3.8, 4) is 5.75 Å². The van der Waals surface area contributed by atoms with Crippen LogP contribution >= 0.6 is 0 Å². The first-order chi connectivity index (χ1) is 11.0. The van der Waals surface area contributed by atoms with Crippen molar-refractivity contribution in [2.45, 2.75) is 0 Å². The molecule has 0 aliphatic carbocycles. The molecule has 2 fully saturated rings. The third kappa shape index (κ3) is 3.41. The Morgan fingerprint density at radius 1 is 1.26 bits per heavy atom. The molecule has 2 aliphatic rings. The van der Waals surface area contributed by atoms with Gasteiger partial charge in [0.25, 0.3) is 11.8 Å². The van der Waals surface area contributed by atoms with E-state index in [1.165, 1.54) is 24.3 Å². The number of nitrogens with zero attached hydrogens (tertiary/aromatic N) is 2. The van der Waals surface area contributed by atoms with Crippen LogP contribution in [0.15, 0.2) is 24.3 Å². The molecule has 1 aromatic carbocycles. The van der Waals surface area contributed by atoms with E-state index in [-0.39, 0.29) is 43.3 Å². The quantitative estimate of drug-likeness (QED) is 0.795. The summed E-state index contributed by atoms with van der Waals surface area (Å²) >= 11 is 0. The fourth-order valence-electron chi connectivity index (χ4n) is 2.47. The molecular formula is C15H15FN2O5. The maximum absolute atomic E-state index is 12.8. The lowest BCUT2D eigenvalue weighted by atomic mass is 9.99. The van der Waals surface area contributed by atoms with Gasteiger partial charge in [0.2, 0.25) is 0 Å². The highest BCUT2D eigenvalue weighted by Crippen LogP contribution is 2.20. The fourth-order valence-corrected chi connectivity index (χ4v) is 2.47. The van der Waals surface area contributed by atoms with Crippen LogP contribution in [0.5, 0.6) is 5.75 Å². The number of carbonyl (C=O) groups excluding carboxylic acids is 3. The first-order valence-corrected chi connectivity index (χ1v) is 7.16. The predicted octanol–water partition coefficient (Wildman–Crippen LogP) is 0.642. The van der Waals surface area contributed by atoms with E-state index in [4.69, 9.17) is 4.74 Å². The first-order valence-electron chi connectivity index (χ1n) is 7.16. The van der Waals surface area contributed by atoms with Crippen LogP contribution in [-0.2, 0) is 14.3 Å². The molecule has 8 heteroatoms. The third-order valence-corrected chi connectivity index (χ3v) is 3.77. The number of benzene rings is 1. The Bertz CT molecular complexity index is 611. The number of carbonyl (C=O) groups is 3. The van der Waals surface area contributed by atoms with Gasteiger partial charge in [-0.1, -0.05) is 0 Å². The second kappa shape index (κ2) is 6.23. The molecular weight excluding hydrogens is 307 g/mol. The lowest BCUT2D eigenvalue weighted by Gasteiger charge is -2.40. The van der Waals surface area contributed by atoms with E-state index >= 15 is 0 Å². The summed E-state index contributed by atoms with van der Waals surface area (Å²) in [4.78, 5) is 37.3. The van der Waals surface area contributed by atoms with E-state index in [1.807, 2.05) is 0 Å². The normalized spacial score (nSPS) is 18.0. The molecule has 0 radical (unpaired) electrons. The van der Waals surface area contributed by atoms with Crippen molar-refractivity contribution in [1.82, 2.24) is 9.80 Å². The molecule has 2 heterocycles. The summed E-state index contributed by atoms with van der Waals surface area (Å²) in [6.45, 7) is 0.842. The van der Waals surface area contributed by atoms with Crippen molar-refractivity contribution in [3.05, 3.63) is 30.1 Å². The Morgan fingerprint density at radius 2 is 1.96 bits per heavy atom. The van der Waals surface area contributed by atoms with Crippen LogP contribution in [0.2, 0.25) is 0 Å². The van der Waals surface area contributed by atoms with Crippen molar-refractivity contribution >= 4 is 17.9 Å². The average Bonchev–Trinajstić information content (AvgIpc) is 2.81. The van der Waals surface area contributed by atoms with E-state index < -0.39 is 6.09 Å². The minimum Gasteiger partial charge on any atom is -0.484 e. The standard InChI is InChI=1S/C15H15FN2O5/c16-11-1-3-12(4-2-11)22-8-13(19)17-5-10(6-17)7-18-14(20)9-23-15(18)21/h1-4,10H,5-9H2. The lowest BCUT2D eigenvalue weighted by Crippen LogP contribution is -2.55. The number of halogens is 1. The Morgan fingerprint density at radius 3 is 2.57 bits per heavy atom. The minimum atomic E-state index is -0.626. The van der Waals surface area contributed by atoms with Crippen molar-refractivity contribution < 1.29 is 28.2 Å². The number of hydrogen-bond acceptors (Lipinski definition) is 5. The molecule has 3 amide bonds. The number of cyclic esters (lactones) is 1. The van der Waals surface area contributed by atoms with E-state index in [0.717, 1.165) is 4.90 Å². The third-order valence-electron chi connectivity index (χ3n) is 3.77. The van der Waals surface area contributed by atoms with E-state index in [1.54, 1.807) is 4.90 Å². The summed E-state index contributed by atoms with van der Waals surface area (Å²) in [7, 11) is 0. The van der Waals surface area contributed by atoms with Crippen LogP contribution in [-0.4, -0.2) is 60.6 Å². The number of imide groups is 1. The second-order valence-electron chi connectivity index (χ2n) is 5.47. The molecule has 122 valence electrons.